The van der Waals surface area contributed by atoms with Gasteiger partial charge in [0.2, 0.25) is 0 Å². The van der Waals surface area contributed by atoms with E-state index in [1.807, 2.05) is 41.9 Å². The van der Waals surface area contributed by atoms with E-state index in [9.17, 15) is 4.39 Å². The van der Waals surface area contributed by atoms with Gasteiger partial charge in [0.05, 0.1) is 12.8 Å². The Kier molecular flexibility index (Phi) is 3.52. The van der Waals surface area contributed by atoms with Crippen LogP contribution in [0.5, 0.6) is 11.5 Å². The quantitative estimate of drug-likeness (QED) is 0.725. The van der Waals surface area contributed by atoms with Crippen LogP contribution < -0.4 is 9.47 Å². The molecule has 0 fully saturated rings. The van der Waals surface area contributed by atoms with Crippen molar-refractivity contribution in [3.8, 4) is 11.5 Å². The number of ether oxygens (including phenoxy) is 2. The van der Waals surface area contributed by atoms with Gasteiger partial charge in [-0.15, -0.1) is 0 Å². The summed E-state index contributed by atoms with van der Waals surface area (Å²) in [5.41, 5.74) is 1.97. The number of rotatable bonds is 4. The van der Waals surface area contributed by atoms with Crippen LogP contribution >= 0.6 is 0 Å². The molecule has 3 rings (SSSR count). The summed E-state index contributed by atoms with van der Waals surface area (Å²) < 4.78 is 26.2. The third kappa shape index (κ3) is 2.70. The zero-order chi connectivity index (χ0) is 14.8. The van der Waals surface area contributed by atoms with Crippen LogP contribution in [0.15, 0.2) is 48.5 Å². The molecular formula is C17H16FNO2. The van der Waals surface area contributed by atoms with Crippen molar-refractivity contribution in [3.63, 3.8) is 0 Å². The summed E-state index contributed by atoms with van der Waals surface area (Å²) in [7, 11) is 3.57. The maximum absolute atomic E-state index is 13.3. The van der Waals surface area contributed by atoms with Crippen molar-refractivity contribution in [2.75, 3.05) is 7.11 Å². The number of halogens is 1. The van der Waals surface area contributed by atoms with Crippen LogP contribution in [0.3, 0.4) is 0 Å². The maximum atomic E-state index is 13.3. The van der Waals surface area contributed by atoms with Gasteiger partial charge in [0.15, 0.2) is 0 Å². The van der Waals surface area contributed by atoms with E-state index in [0.717, 1.165) is 28.1 Å². The van der Waals surface area contributed by atoms with E-state index in [2.05, 4.69) is 0 Å². The van der Waals surface area contributed by atoms with E-state index < -0.39 is 0 Å². The SMILES string of the molecule is COc1cccc(OCc2cc3cc(F)ccc3n2C)c1. The number of aromatic nitrogens is 1. The molecule has 3 aromatic rings. The lowest BCUT2D eigenvalue weighted by molar-refractivity contribution is 0.295. The fourth-order valence-corrected chi connectivity index (χ4v) is 2.36. The Balaban J connectivity index is 1.83. The second-order valence-corrected chi connectivity index (χ2v) is 4.87. The van der Waals surface area contributed by atoms with Crippen LogP contribution in [0, 0.1) is 5.82 Å². The van der Waals surface area contributed by atoms with Gasteiger partial charge in [-0.3, -0.25) is 0 Å². The lowest BCUT2D eigenvalue weighted by Gasteiger charge is -2.08. The first-order valence-corrected chi connectivity index (χ1v) is 6.68. The molecule has 1 aromatic heterocycles. The van der Waals surface area contributed by atoms with Crippen molar-refractivity contribution in [1.29, 1.82) is 0 Å². The molecule has 0 saturated heterocycles. The summed E-state index contributed by atoms with van der Waals surface area (Å²) in [6.07, 6.45) is 0. The molecule has 1 heterocycles. The molecule has 0 unspecified atom stereocenters. The van der Waals surface area contributed by atoms with Gasteiger partial charge in [0.25, 0.3) is 0 Å². The van der Waals surface area contributed by atoms with E-state index in [-0.39, 0.29) is 5.82 Å². The second-order valence-electron chi connectivity index (χ2n) is 4.87. The molecule has 0 spiro atoms. The van der Waals surface area contributed by atoms with Gasteiger partial charge in [-0.2, -0.15) is 0 Å². The predicted molar refractivity (Wildman–Crippen MR) is 80.2 cm³/mol. The first-order valence-electron chi connectivity index (χ1n) is 6.68. The number of hydrogen-bond donors (Lipinski definition) is 0. The number of hydrogen-bond acceptors (Lipinski definition) is 2. The summed E-state index contributed by atoms with van der Waals surface area (Å²) in [5.74, 6) is 1.27. The van der Waals surface area contributed by atoms with Gasteiger partial charge in [-0.05, 0) is 36.4 Å². The average Bonchev–Trinajstić information content (AvgIpc) is 2.81. The molecule has 0 amide bonds. The minimum Gasteiger partial charge on any atom is -0.497 e. The smallest absolute Gasteiger partial charge is 0.128 e. The van der Waals surface area contributed by atoms with E-state index in [4.69, 9.17) is 9.47 Å². The number of benzene rings is 2. The molecule has 0 atom stereocenters. The third-order valence-corrected chi connectivity index (χ3v) is 3.53. The number of nitrogens with zero attached hydrogens (tertiary/aromatic N) is 1. The summed E-state index contributed by atoms with van der Waals surface area (Å²) in [6, 6.07) is 14.2. The van der Waals surface area contributed by atoms with Crippen molar-refractivity contribution in [1.82, 2.24) is 4.57 Å². The molecule has 21 heavy (non-hydrogen) atoms. The molecule has 0 aliphatic rings. The zero-order valence-corrected chi connectivity index (χ0v) is 12.0. The molecule has 0 N–H and O–H groups in total. The Labute approximate surface area is 122 Å². The molecule has 0 aliphatic carbocycles. The molecule has 2 aromatic carbocycles. The zero-order valence-electron chi connectivity index (χ0n) is 12.0. The Morgan fingerprint density at radius 3 is 2.67 bits per heavy atom. The van der Waals surface area contributed by atoms with Gasteiger partial charge in [-0.25, -0.2) is 4.39 Å². The van der Waals surface area contributed by atoms with Crippen molar-refractivity contribution in [2.24, 2.45) is 7.05 Å². The normalized spacial score (nSPS) is 10.8. The summed E-state index contributed by atoms with van der Waals surface area (Å²) in [4.78, 5) is 0. The third-order valence-electron chi connectivity index (χ3n) is 3.53. The van der Waals surface area contributed by atoms with Gasteiger partial charge < -0.3 is 14.0 Å². The number of fused-ring (bicyclic) bond motifs is 1. The van der Waals surface area contributed by atoms with Crippen LogP contribution in [-0.4, -0.2) is 11.7 Å². The van der Waals surface area contributed by atoms with Gasteiger partial charge in [-0.1, -0.05) is 6.07 Å². The minimum absolute atomic E-state index is 0.228. The standard InChI is InChI=1S/C17H16FNO2/c1-19-14(9-12-8-13(18)6-7-17(12)19)11-21-16-5-3-4-15(10-16)20-2/h3-10H,11H2,1-2H3. The van der Waals surface area contributed by atoms with Crippen LogP contribution in [-0.2, 0) is 13.7 Å². The van der Waals surface area contributed by atoms with Crippen molar-refractivity contribution >= 4 is 10.9 Å². The highest BCUT2D eigenvalue weighted by molar-refractivity contribution is 5.81. The van der Waals surface area contributed by atoms with Crippen LogP contribution in [0.4, 0.5) is 4.39 Å². The minimum atomic E-state index is -0.228. The molecule has 108 valence electrons. The molecule has 4 heteroatoms. The molecule has 0 saturated carbocycles. The van der Waals surface area contributed by atoms with Gasteiger partial charge in [0.1, 0.15) is 23.9 Å². The van der Waals surface area contributed by atoms with Crippen LogP contribution in [0.2, 0.25) is 0 Å². The maximum Gasteiger partial charge on any atom is 0.128 e. The topological polar surface area (TPSA) is 23.4 Å². The van der Waals surface area contributed by atoms with Crippen LogP contribution in [0.1, 0.15) is 5.69 Å². The Morgan fingerprint density at radius 1 is 1.05 bits per heavy atom. The molecule has 0 radical (unpaired) electrons. The monoisotopic (exact) mass is 285 g/mol. The van der Waals surface area contributed by atoms with E-state index in [1.165, 1.54) is 12.1 Å². The summed E-state index contributed by atoms with van der Waals surface area (Å²) >= 11 is 0. The molecular weight excluding hydrogens is 269 g/mol. The van der Waals surface area contributed by atoms with Crippen molar-refractivity contribution in [2.45, 2.75) is 6.61 Å². The second kappa shape index (κ2) is 5.48. The number of methoxy groups -OCH3 is 1. The summed E-state index contributed by atoms with van der Waals surface area (Å²) in [6.45, 7) is 0.417. The van der Waals surface area contributed by atoms with Gasteiger partial charge in [0, 0.05) is 24.0 Å². The lowest BCUT2D eigenvalue weighted by atomic mass is 10.2. The van der Waals surface area contributed by atoms with Crippen LogP contribution in [0.25, 0.3) is 10.9 Å². The largest absolute Gasteiger partial charge is 0.497 e. The van der Waals surface area contributed by atoms with Crippen molar-refractivity contribution in [3.05, 3.63) is 60.0 Å². The highest BCUT2D eigenvalue weighted by atomic mass is 19.1. The Hall–Kier alpha value is -2.49. The predicted octanol–water partition coefficient (Wildman–Crippen LogP) is 3.91. The lowest BCUT2D eigenvalue weighted by Crippen LogP contribution is -2.01. The van der Waals surface area contributed by atoms with E-state index in [0.29, 0.717) is 6.61 Å². The van der Waals surface area contributed by atoms with E-state index in [1.54, 1.807) is 13.2 Å². The molecule has 0 aliphatic heterocycles. The van der Waals surface area contributed by atoms with Crippen molar-refractivity contribution < 1.29 is 13.9 Å². The average molecular weight is 285 g/mol. The number of aryl methyl sites for hydroxylation is 1. The van der Waals surface area contributed by atoms with Gasteiger partial charge >= 0.3 is 0 Å². The Bertz CT molecular complexity index is 780. The van der Waals surface area contributed by atoms with E-state index >= 15 is 0 Å². The first kappa shape index (κ1) is 13.5. The molecule has 3 nitrogen and oxygen atoms in total. The Morgan fingerprint density at radius 2 is 1.86 bits per heavy atom. The first-order chi connectivity index (χ1) is 10.2. The highest BCUT2D eigenvalue weighted by Gasteiger charge is 2.07. The summed E-state index contributed by atoms with van der Waals surface area (Å²) in [5, 5.41) is 0.877. The molecule has 0 bridgehead atoms. The fourth-order valence-electron chi connectivity index (χ4n) is 2.36. The highest BCUT2D eigenvalue weighted by Crippen LogP contribution is 2.23. The fraction of sp³-hybridized carbons (Fsp3) is 0.176.